The number of nitrogens with zero attached hydrogens (tertiary/aromatic N) is 1. The summed E-state index contributed by atoms with van der Waals surface area (Å²) in [6.07, 6.45) is 1.91. The molecular formula is C11H11NO3. The minimum Gasteiger partial charge on any atom is -0.508 e. The normalized spacial score (nSPS) is 10.7. The number of rotatable bonds is 3. The Hall–Kier alpha value is -1.97. The van der Waals surface area contributed by atoms with Gasteiger partial charge in [0, 0.05) is 18.8 Å². The molecule has 0 fully saturated rings. The molecular weight excluding hydrogens is 194 g/mol. The molecule has 0 atom stereocenters. The maximum atomic E-state index is 10.4. The van der Waals surface area contributed by atoms with Crippen LogP contribution < -0.4 is 0 Å². The molecule has 2 rings (SSSR count). The number of aromatic hydroxyl groups is 1. The SMILES string of the molecule is O=C(O)CCn1ccc2ccc(O)cc21. The molecule has 0 aliphatic heterocycles. The van der Waals surface area contributed by atoms with Crippen LogP contribution in [0.15, 0.2) is 30.5 Å². The van der Waals surface area contributed by atoms with Crippen molar-refractivity contribution in [3.63, 3.8) is 0 Å². The van der Waals surface area contributed by atoms with Gasteiger partial charge < -0.3 is 14.8 Å². The van der Waals surface area contributed by atoms with Gasteiger partial charge in [0.25, 0.3) is 0 Å². The van der Waals surface area contributed by atoms with Crippen LogP contribution in [0.1, 0.15) is 6.42 Å². The zero-order valence-electron chi connectivity index (χ0n) is 8.05. The van der Waals surface area contributed by atoms with Gasteiger partial charge in [0.2, 0.25) is 0 Å². The van der Waals surface area contributed by atoms with E-state index in [0.29, 0.717) is 6.54 Å². The lowest BCUT2D eigenvalue weighted by Gasteiger charge is -2.03. The first kappa shape index (κ1) is 9.58. The first-order valence-corrected chi connectivity index (χ1v) is 4.66. The fourth-order valence-electron chi connectivity index (χ4n) is 1.58. The Bertz CT molecular complexity index is 502. The van der Waals surface area contributed by atoms with Crippen molar-refractivity contribution in [2.75, 3.05) is 0 Å². The monoisotopic (exact) mass is 205 g/mol. The molecule has 0 saturated heterocycles. The van der Waals surface area contributed by atoms with Gasteiger partial charge in [-0.3, -0.25) is 4.79 Å². The molecule has 0 radical (unpaired) electrons. The van der Waals surface area contributed by atoms with Crippen molar-refractivity contribution in [1.29, 1.82) is 0 Å². The van der Waals surface area contributed by atoms with Crippen LogP contribution in [-0.2, 0) is 11.3 Å². The van der Waals surface area contributed by atoms with Crippen molar-refractivity contribution in [2.45, 2.75) is 13.0 Å². The predicted octanol–water partition coefficient (Wildman–Crippen LogP) is 1.82. The minimum absolute atomic E-state index is 0.0828. The number of aryl methyl sites for hydroxylation is 1. The Morgan fingerprint density at radius 2 is 2.13 bits per heavy atom. The maximum Gasteiger partial charge on any atom is 0.305 e. The van der Waals surface area contributed by atoms with Crippen LogP contribution in [0.3, 0.4) is 0 Å². The fourth-order valence-corrected chi connectivity index (χ4v) is 1.58. The predicted molar refractivity (Wildman–Crippen MR) is 55.9 cm³/mol. The van der Waals surface area contributed by atoms with Crippen LogP contribution in [0.2, 0.25) is 0 Å². The van der Waals surface area contributed by atoms with Gasteiger partial charge in [-0.25, -0.2) is 0 Å². The van der Waals surface area contributed by atoms with Crippen LogP contribution >= 0.6 is 0 Å². The van der Waals surface area contributed by atoms with Crippen LogP contribution in [0, 0.1) is 0 Å². The number of hydrogen-bond donors (Lipinski definition) is 2. The van der Waals surface area contributed by atoms with Crippen molar-refractivity contribution in [1.82, 2.24) is 4.57 Å². The van der Waals surface area contributed by atoms with Crippen LogP contribution in [0.25, 0.3) is 10.9 Å². The second-order valence-electron chi connectivity index (χ2n) is 3.40. The second kappa shape index (κ2) is 3.65. The van der Waals surface area contributed by atoms with Gasteiger partial charge in [0.1, 0.15) is 5.75 Å². The fraction of sp³-hybridized carbons (Fsp3) is 0.182. The van der Waals surface area contributed by atoms with Crippen molar-refractivity contribution in [3.05, 3.63) is 30.5 Å². The van der Waals surface area contributed by atoms with E-state index in [9.17, 15) is 9.90 Å². The molecule has 0 unspecified atom stereocenters. The van der Waals surface area contributed by atoms with Gasteiger partial charge in [-0.05, 0) is 23.6 Å². The third kappa shape index (κ3) is 1.93. The van der Waals surface area contributed by atoms with E-state index >= 15 is 0 Å². The van der Waals surface area contributed by atoms with Gasteiger partial charge in [-0.2, -0.15) is 0 Å². The molecule has 0 aliphatic rings. The van der Waals surface area contributed by atoms with E-state index in [2.05, 4.69) is 0 Å². The highest BCUT2D eigenvalue weighted by atomic mass is 16.4. The molecule has 4 heteroatoms. The minimum atomic E-state index is -0.822. The number of carboxylic acids is 1. The average Bonchev–Trinajstić information content (AvgIpc) is 2.57. The maximum absolute atomic E-state index is 10.4. The molecule has 1 aromatic carbocycles. The zero-order valence-corrected chi connectivity index (χ0v) is 8.05. The molecule has 0 spiro atoms. The largest absolute Gasteiger partial charge is 0.508 e. The smallest absolute Gasteiger partial charge is 0.305 e. The van der Waals surface area contributed by atoms with Crippen LogP contribution in [0.4, 0.5) is 0 Å². The summed E-state index contributed by atoms with van der Waals surface area (Å²) in [6.45, 7) is 0.419. The lowest BCUT2D eigenvalue weighted by atomic mass is 10.2. The van der Waals surface area contributed by atoms with Crippen molar-refractivity contribution in [3.8, 4) is 5.75 Å². The first-order chi connectivity index (χ1) is 7.16. The highest BCUT2D eigenvalue weighted by molar-refractivity contribution is 5.81. The number of benzene rings is 1. The van der Waals surface area contributed by atoms with Crippen LogP contribution in [0.5, 0.6) is 5.75 Å². The topological polar surface area (TPSA) is 62.5 Å². The van der Waals surface area contributed by atoms with E-state index < -0.39 is 5.97 Å². The number of aliphatic carboxylic acids is 1. The van der Waals surface area contributed by atoms with E-state index in [-0.39, 0.29) is 12.2 Å². The van der Waals surface area contributed by atoms with E-state index in [0.717, 1.165) is 10.9 Å². The quantitative estimate of drug-likeness (QED) is 0.803. The summed E-state index contributed by atoms with van der Waals surface area (Å²) in [5, 5.41) is 18.9. The molecule has 1 aromatic heterocycles. The summed E-state index contributed by atoms with van der Waals surface area (Å²) < 4.78 is 1.82. The lowest BCUT2D eigenvalue weighted by molar-refractivity contribution is -0.137. The number of aromatic nitrogens is 1. The van der Waals surface area contributed by atoms with Crippen molar-refractivity contribution < 1.29 is 15.0 Å². The molecule has 2 aromatic rings. The summed E-state index contributed by atoms with van der Waals surface area (Å²) in [6, 6.07) is 6.96. The molecule has 2 N–H and O–H groups in total. The van der Waals surface area contributed by atoms with E-state index in [1.165, 1.54) is 0 Å². The number of phenols is 1. The van der Waals surface area contributed by atoms with Crippen LogP contribution in [-0.4, -0.2) is 20.7 Å². The van der Waals surface area contributed by atoms with Gasteiger partial charge in [0.05, 0.1) is 11.9 Å². The van der Waals surface area contributed by atoms with Crippen molar-refractivity contribution in [2.24, 2.45) is 0 Å². The van der Waals surface area contributed by atoms with Gasteiger partial charge in [-0.1, -0.05) is 0 Å². The van der Waals surface area contributed by atoms with Gasteiger partial charge >= 0.3 is 5.97 Å². The molecule has 0 bridgehead atoms. The molecule has 4 nitrogen and oxygen atoms in total. The standard InChI is InChI=1S/C11H11NO3/c13-9-2-1-8-3-5-12(10(8)7-9)6-4-11(14)15/h1-3,5,7,13H,4,6H2,(H,14,15). The Morgan fingerprint density at radius 3 is 2.87 bits per heavy atom. The third-order valence-electron chi connectivity index (χ3n) is 2.32. The van der Waals surface area contributed by atoms with Crippen molar-refractivity contribution >= 4 is 16.9 Å². The molecule has 15 heavy (non-hydrogen) atoms. The molecule has 1 heterocycles. The summed E-state index contributed by atoms with van der Waals surface area (Å²) in [5.74, 6) is -0.630. The Balaban J connectivity index is 2.35. The average molecular weight is 205 g/mol. The summed E-state index contributed by atoms with van der Waals surface area (Å²) in [5.41, 5.74) is 0.858. The highest BCUT2D eigenvalue weighted by Gasteiger charge is 2.03. The molecule has 0 saturated carbocycles. The second-order valence-corrected chi connectivity index (χ2v) is 3.40. The summed E-state index contributed by atoms with van der Waals surface area (Å²) >= 11 is 0. The Kier molecular flexibility index (Phi) is 2.33. The Labute approximate surface area is 86.4 Å². The Morgan fingerprint density at radius 1 is 1.33 bits per heavy atom. The van der Waals surface area contributed by atoms with E-state index in [1.807, 2.05) is 22.9 Å². The summed E-state index contributed by atoms with van der Waals surface area (Å²) in [7, 11) is 0. The zero-order chi connectivity index (χ0) is 10.8. The number of hydrogen-bond acceptors (Lipinski definition) is 2. The van der Waals surface area contributed by atoms with Gasteiger partial charge in [-0.15, -0.1) is 0 Å². The number of phenolic OH excluding ortho intramolecular Hbond substituents is 1. The van der Waals surface area contributed by atoms with Gasteiger partial charge in [0.15, 0.2) is 0 Å². The first-order valence-electron chi connectivity index (χ1n) is 4.66. The number of fused-ring (bicyclic) bond motifs is 1. The number of carbonyl (C=O) groups is 1. The third-order valence-corrected chi connectivity index (χ3v) is 2.32. The molecule has 0 amide bonds. The molecule has 78 valence electrons. The van der Waals surface area contributed by atoms with E-state index in [4.69, 9.17) is 5.11 Å². The van der Waals surface area contributed by atoms with E-state index in [1.54, 1.807) is 12.1 Å². The molecule has 0 aliphatic carbocycles. The highest BCUT2D eigenvalue weighted by Crippen LogP contribution is 2.21. The lowest BCUT2D eigenvalue weighted by Crippen LogP contribution is -2.03. The summed E-state index contributed by atoms with van der Waals surface area (Å²) in [4.78, 5) is 10.4. The number of carboxylic acid groups (broad SMARTS) is 1.